The van der Waals surface area contributed by atoms with E-state index in [1.165, 1.54) is 0 Å². The van der Waals surface area contributed by atoms with Crippen LogP contribution in [0.1, 0.15) is 0 Å². The molecule has 0 unspecified atom stereocenters. The van der Waals surface area contributed by atoms with Gasteiger partial charge in [-0.25, -0.2) is 0 Å². The van der Waals surface area contributed by atoms with Crippen LogP contribution in [0.5, 0.6) is 5.75 Å². The molecule has 0 saturated carbocycles. The maximum Gasteiger partial charge on any atom is 0.188 e. The van der Waals surface area contributed by atoms with Crippen LogP contribution in [-0.2, 0) is 4.74 Å². The third-order valence-corrected chi connectivity index (χ3v) is 2.85. The predicted octanol–water partition coefficient (Wildman–Crippen LogP) is 3.59. The molecule has 3 heteroatoms. The summed E-state index contributed by atoms with van der Waals surface area (Å²) < 4.78 is 11.4. The summed E-state index contributed by atoms with van der Waals surface area (Å²) in [6.07, 6.45) is 0. The average molecular weight is 267 g/mol. The molecule has 2 nitrogen and oxygen atoms in total. The molecular weight excluding hydrogens is 256 g/mol. The van der Waals surface area contributed by atoms with Gasteiger partial charge in [-0.3, -0.25) is 0 Å². The number of hydrogen-bond donors (Lipinski definition) is 0. The van der Waals surface area contributed by atoms with E-state index in [9.17, 15) is 0 Å². The molecule has 0 amide bonds. The van der Waals surface area contributed by atoms with E-state index >= 15 is 0 Å². The Labute approximate surface area is 96.9 Å². The van der Waals surface area contributed by atoms with Gasteiger partial charge in [0.25, 0.3) is 0 Å². The second-order valence-electron chi connectivity index (χ2n) is 3.14. The number of hydrogen-bond acceptors (Lipinski definition) is 2. The number of ether oxygens (including phenoxy) is 2. The summed E-state index contributed by atoms with van der Waals surface area (Å²) in [5.74, 6) is 0.843. The molecule has 0 N–H and O–H groups in total. The standard InChI is InChI=1S/C12H11BrO2/c1-14-8-15-12-7-3-4-9-10(12)5-2-6-11(9)13/h2-7H,8H2,1H3. The highest BCUT2D eigenvalue weighted by Crippen LogP contribution is 2.30. The molecule has 0 radical (unpaired) electrons. The van der Waals surface area contributed by atoms with Crippen LogP contribution >= 0.6 is 15.9 Å². The zero-order chi connectivity index (χ0) is 10.7. The Hall–Kier alpha value is -1.06. The van der Waals surface area contributed by atoms with Crippen molar-refractivity contribution in [1.29, 1.82) is 0 Å². The van der Waals surface area contributed by atoms with E-state index in [1.54, 1.807) is 7.11 Å². The third-order valence-electron chi connectivity index (χ3n) is 2.16. The SMILES string of the molecule is COCOc1cccc2c(Br)cccc12. The largest absolute Gasteiger partial charge is 0.467 e. The van der Waals surface area contributed by atoms with Gasteiger partial charge in [0.15, 0.2) is 6.79 Å². The van der Waals surface area contributed by atoms with Crippen LogP contribution in [0.2, 0.25) is 0 Å². The predicted molar refractivity (Wildman–Crippen MR) is 64.2 cm³/mol. The maximum atomic E-state index is 5.48. The lowest BCUT2D eigenvalue weighted by molar-refractivity contribution is 0.0522. The van der Waals surface area contributed by atoms with Crippen LogP contribution < -0.4 is 4.74 Å². The number of fused-ring (bicyclic) bond motifs is 1. The molecular formula is C12H11BrO2. The first-order valence-electron chi connectivity index (χ1n) is 4.62. The second-order valence-corrected chi connectivity index (χ2v) is 4.00. The Morgan fingerprint density at radius 3 is 2.60 bits per heavy atom. The molecule has 0 aliphatic heterocycles. The molecule has 0 atom stereocenters. The molecule has 2 aromatic carbocycles. The monoisotopic (exact) mass is 266 g/mol. The molecule has 0 heterocycles. The van der Waals surface area contributed by atoms with Crippen molar-refractivity contribution in [1.82, 2.24) is 0 Å². The Balaban J connectivity index is 2.51. The van der Waals surface area contributed by atoms with Crippen molar-refractivity contribution in [3.8, 4) is 5.75 Å². The van der Waals surface area contributed by atoms with E-state index < -0.39 is 0 Å². The van der Waals surface area contributed by atoms with Gasteiger partial charge < -0.3 is 9.47 Å². The van der Waals surface area contributed by atoms with E-state index in [-0.39, 0.29) is 6.79 Å². The van der Waals surface area contributed by atoms with Crippen LogP contribution in [0.15, 0.2) is 40.9 Å². The van der Waals surface area contributed by atoms with Gasteiger partial charge in [-0.05, 0) is 17.5 Å². The van der Waals surface area contributed by atoms with Crippen LogP contribution in [0.25, 0.3) is 10.8 Å². The van der Waals surface area contributed by atoms with Crippen molar-refractivity contribution in [3.63, 3.8) is 0 Å². The molecule has 0 spiro atoms. The Morgan fingerprint density at radius 1 is 1.07 bits per heavy atom. The van der Waals surface area contributed by atoms with Gasteiger partial charge in [-0.1, -0.05) is 40.2 Å². The fraction of sp³-hybridized carbons (Fsp3) is 0.167. The molecule has 15 heavy (non-hydrogen) atoms. The van der Waals surface area contributed by atoms with Crippen molar-refractivity contribution in [2.24, 2.45) is 0 Å². The lowest BCUT2D eigenvalue weighted by Crippen LogP contribution is -1.99. The van der Waals surface area contributed by atoms with Crippen LogP contribution in [-0.4, -0.2) is 13.9 Å². The molecule has 0 bridgehead atoms. The molecule has 0 fully saturated rings. The summed E-state index contributed by atoms with van der Waals surface area (Å²) >= 11 is 3.51. The Morgan fingerprint density at radius 2 is 1.80 bits per heavy atom. The highest BCUT2D eigenvalue weighted by Gasteiger charge is 2.03. The van der Waals surface area contributed by atoms with Gasteiger partial charge in [0.1, 0.15) is 5.75 Å². The van der Waals surface area contributed by atoms with Crippen molar-refractivity contribution in [2.45, 2.75) is 0 Å². The van der Waals surface area contributed by atoms with E-state index in [4.69, 9.17) is 9.47 Å². The zero-order valence-electron chi connectivity index (χ0n) is 8.37. The minimum absolute atomic E-state index is 0.269. The average Bonchev–Trinajstić information content (AvgIpc) is 2.27. The number of benzene rings is 2. The summed E-state index contributed by atoms with van der Waals surface area (Å²) in [5, 5.41) is 2.23. The normalized spacial score (nSPS) is 10.5. The second kappa shape index (κ2) is 4.64. The third kappa shape index (κ3) is 2.13. The summed E-state index contributed by atoms with van der Waals surface area (Å²) in [6.45, 7) is 0.269. The van der Waals surface area contributed by atoms with Gasteiger partial charge in [0, 0.05) is 17.0 Å². The summed E-state index contributed by atoms with van der Waals surface area (Å²) in [4.78, 5) is 0. The smallest absolute Gasteiger partial charge is 0.188 e. The minimum atomic E-state index is 0.269. The first kappa shape index (κ1) is 10.5. The molecule has 78 valence electrons. The molecule has 2 rings (SSSR count). The number of rotatable bonds is 3. The van der Waals surface area contributed by atoms with Crippen molar-refractivity contribution in [2.75, 3.05) is 13.9 Å². The highest BCUT2D eigenvalue weighted by molar-refractivity contribution is 9.10. The van der Waals surface area contributed by atoms with E-state index in [0.29, 0.717) is 0 Å². The van der Waals surface area contributed by atoms with E-state index in [2.05, 4.69) is 22.0 Å². The van der Waals surface area contributed by atoms with Crippen molar-refractivity contribution in [3.05, 3.63) is 40.9 Å². The van der Waals surface area contributed by atoms with Gasteiger partial charge >= 0.3 is 0 Å². The van der Waals surface area contributed by atoms with Gasteiger partial charge in [-0.15, -0.1) is 0 Å². The van der Waals surface area contributed by atoms with Crippen LogP contribution in [0.4, 0.5) is 0 Å². The summed E-state index contributed by atoms with van der Waals surface area (Å²) in [5.41, 5.74) is 0. The highest BCUT2D eigenvalue weighted by atomic mass is 79.9. The lowest BCUT2D eigenvalue weighted by Gasteiger charge is -2.08. The fourth-order valence-corrected chi connectivity index (χ4v) is 1.99. The Bertz CT molecular complexity index is 468. The molecule has 0 saturated heterocycles. The first-order valence-corrected chi connectivity index (χ1v) is 5.41. The first-order chi connectivity index (χ1) is 7.33. The summed E-state index contributed by atoms with van der Waals surface area (Å²) in [7, 11) is 1.61. The topological polar surface area (TPSA) is 18.5 Å². The number of halogens is 1. The van der Waals surface area contributed by atoms with Gasteiger partial charge in [-0.2, -0.15) is 0 Å². The fourth-order valence-electron chi connectivity index (χ4n) is 1.49. The van der Waals surface area contributed by atoms with E-state index in [0.717, 1.165) is 21.0 Å². The maximum absolute atomic E-state index is 5.48. The molecule has 0 aliphatic rings. The lowest BCUT2D eigenvalue weighted by atomic mass is 10.1. The molecule has 0 aromatic heterocycles. The van der Waals surface area contributed by atoms with Gasteiger partial charge in [0.2, 0.25) is 0 Å². The quantitative estimate of drug-likeness (QED) is 0.791. The van der Waals surface area contributed by atoms with Crippen molar-refractivity contribution >= 4 is 26.7 Å². The van der Waals surface area contributed by atoms with Crippen LogP contribution in [0, 0.1) is 0 Å². The molecule has 2 aromatic rings. The molecule has 0 aliphatic carbocycles. The summed E-state index contributed by atoms with van der Waals surface area (Å²) in [6, 6.07) is 12.0. The number of methoxy groups -OCH3 is 1. The van der Waals surface area contributed by atoms with Crippen molar-refractivity contribution < 1.29 is 9.47 Å². The van der Waals surface area contributed by atoms with Crippen LogP contribution in [0.3, 0.4) is 0 Å². The zero-order valence-corrected chi connectivity index (χ0v) is 9.95. The minimum Gasteiger partial charge on any atom is -0.467 e. The van der Waals surface area contributed by atoms with Gasteiger partial charge in [0.05, 0.1) is 0 Å². The Kier molecular flexibility index (Phi) is 3.23. The van der Waals surface area contributed by atoms with E-state index in [1.807, 2.05) is 30.3 Å².